The van der Waals surface area contributed by atoms with Gasteiger partial charge < -0.3 is 10.1 Å². The normalized spacial score (nSPS) is 15.9. The Balaban J connectivity index is 1.55. The number of amides is 3. The molecule has 3 aromatic rings. The summed E-state index contributed by atoms with van der Waals surface area (Å²) in [5.41, 5.74) is 1.13. The molecule has 0 saturated carbocycles. The lowest BCUT2D eigenvalue weighted by Gasteiger charge is -2.22. The first kappa shape index (κ1) is 24.4. The molecular weight excluding hydrogens is 470 g/mol. The van der Waals surface area contributed by atoms with Crippen LogP contribution in [0.4, 0.5) is 10.5 Å². The van der Waals surface area contributed by atoms with Crippen molar-refractivity contribution in [2.75, 3.05) is 11.9 Å². The molecule has 1 fully saturated rings. The molecule has 3 aromatic carbocycles. The number of rotatable bonds is 7. The third-order valence-electron chi connectivity index (χ3n) is 5.68. The van der Waals surface area contributed by atoms with Crippen LogP contribution in [0.2, 0.25) is 0 Å². The molecule has 4 rings (SSSR count). The first-order chi connectivity index (χ1) is 16.8. The van der Waals surface area contributed by atoms with Gasteiger partial charge in [-0.25, -0.2) is 22.8 Å². The summed E-state index contributed by atoms with van der Waals surface area (Å²) in [6.45, 7) is 1.90. The van der Waals surface area contributed by atoms with Gasteiger partial charge in [-0.05, 0) is 24.1 Å². The molecule has 0 bridgehead atoms. The number of fused-ring (bicyclic) bond motifs is 1. The van der Waals surface area contributed by atoms with E-state index < -0.39 is 34.0 Å². The van der Waals surface area contributed by atoms with Crippen LogP contribution in [-0.4, -0.2) is 43.8 Å². The summed E-state index contributed by atoms with van der Waals surface area (Å²) in [5.74, 6) is -1.04. The van der Waals surface area contributed by atoms with Crippen molar-refractivity contribution in [2.45, 2.75) is 37.3 Å². The van der Waals surface area contributed by atoms with Crippen LogP contribution in [0, 0.1) is 0 Å². The van der Waals surface area contributed by atoms with E-state index in [4.69, 9.17) is 4.74 Å². The Hall–Kier alpha value is -3.76. The van der Waals surface area contributed by atoms with Crippen molar-refractivity contribution in [3.63, 3.8) is 0 Å². The fourth-order valence-electron chi connectivity index (χ4n) is 4.06. The van der Waals surface area contributed by atoms with E-state index in [2.05, 4.69) is 10.0 Å². The summed E-state index contributed by atoms with van der Waals surface area (Å²) in [6, 6.07) is 17.7. The number of imide groups is 1. The molecule has 35 heavy (non-hydrogen) atoms. The average Bonchev–Trinajstić information content (AvgIpc) is 3.24. The van der Waals surface area contributed by atoms with Crippen LogP contribution in [0.5, 0.6) is 0 Å². The minimum absolute atomic E-state index is 0.0236. The highest BCUT2D eigenvalue weighted by atomic mass is 32.2. The van der Waals surface area contributed by atoms with Crippen LogP contribution >= 0.6 is 0 Å². The second-order valence-electron chi connectivity index (χ2n) is 8.01. The highest BCUT2D eigenvalue weighted by Gasteiger charge is 2.41. The van der Waals surface area contributed by atoms with Gasteiger partial charge in [0.2, 0.25) is 21.8 Å². The number of nitrogens with zero attached hydrogens (tertiary/aromatic N) is 1. The van der Waals surface area contributed by atoms with Gasteiger partial charge in [-0.15, -0.1) is 0 Å². The molecule has 1 heterocycles. The summed E-state index contributed by atoms with van der Waals surface area (Å²) in [7, 11) is -3.73. The van der Waals surface area contributed by atoms with Crippen LogP contribution < -0.4 is 10.0 Å². The lowest BCUT2D eigenvalue weighted by atomic mass is 10.1. The Kier molecular flexibility index (Phi) is 7.13. The molecule has 1 saturated heterocycles. The molecule has 0 radical (unpaired) electrons. The number of hydrogen-bond donors (Lipinski definition) is 2. The van der Waals surface area contributed by atoms with E-state index in [-0.39, 0.29) is 30.9 Å². The summed E-state index contributed by atoms with van der Waals surface area (Å²) < 4.78 is 33.0. The maximum absolute atomic E-state index is 13.1. The van der Waals surface area contributed by atoms with Crippen LogP contribution in [0.15, 0.2) is 71.6 Å². The Bertz CT molecular complexity index is 1370. The lowest BCUT2D eigenvalue weighted by Crippen LogP contribution is -2.45. The number of hydrogen-bond acceptors (Lipinski definition) is 6. The van der Waals surface area contributed by atoms with E-state index in [1.165, 1.54) is 6.07 Å². The molecule has 1 atom stereocenters. The monoisotopic (exact) mass is 495 g/mol. The Morgan fingerprint density at radius 2 is 1.71 bits per heavy atom. The van der Waals surface area contributed by atoms with Gasteiger partial charge >= 0.3 is 6.09 Å². The van der Waals surface area contributed by atoms with Crippen LogP contribution in [-0.2, 0) is 31.0 Å². The largest absolute Gasteiger partial charge is 0.444 e. The van der Waals surface area contributed by atoms with E-state index in [0.717, 1.165) is 10.5 Å². The maximum atomic E-state index is 13.1. The fraction of sp³-hybridized carbons (Fsp3) is 0.240. The predicted molar refractivity (Wildman–Crippen MR) is 130 cm³/mol. The number of nitrogens with one attached hydrogen (secondary N) is 2. The van der Waals surface area contributed by atoms with Gasteiger partial charge in [-0.2, -0.15) is 0 Å². The lowest BCUT2D eigenvalue weighted by molar-refractivity contribution is -0.131. The second kappa shape index (κ2) is 10.2. The molecule has 9 nitrogen and oxygen atoms in total. The quantitative estimate of drug-likeness (QED) is 0.518. The molecule has 0 unspecified atom stereocenters. The number of carbonyl (C=O) groups is 3. The van der Waals surface area contributed by atoms with Gasteiger partial charge in [0, 0.05) is 29.4 Å². The highest BCUT2D eigenvalue weighted by Crippen LogP contribution is 2.30. The SMILES string of the molecule is CCNS(=O)(=O)c1cccc2c(NC(=O)[C@H]3CCC(=O)N3C(=O)OCc3ccccc3)cccc12. The van der Waals surface area contributed by atoms with Gasteiger partial charge in [-0.3, -0.25) is 9.59 Å². The average molecular weight is 496 g/mol. The Labute approximate surface area is 203 Å². The van der Waals surface area contributed by atoms with Crippen LogP contribution in [0.1, 0.15) is 25.3 Å². The molecule has 0 aliphatic carbocycles. The summed E-state index contributed by atoms with van der Waals surface area (Å²) >= 11 is 0. The molecule has 2 N–H and O–H groups in total. The molecule has 182 valence electrons. The van der Waals surface area contributed by atoms with Crippen molar-refractivity contribution in [1.29, 1.82) is 0 Å². The van der Waals surface area contributed by atoms with Crippen molar-refractivity contribution >= 4 is 44.4 Å². The topological polar surface area (TPSA) is 122 Å². The first-order valence-corrected chi connectivity index (χ1v) is 12.6. The van der Waals surface area contributed by atoms with E-state index in [0.29, 0.717) is 16.5 Å². The number of benzene rings is 3. The smallest absolute Gasteiger partial charge is 0.417 e. The van der Waals surface area contributed by atoms with Crippen LogP contribution in [0.25, 0.3) is 10.8 Å². The minimum Gasteiger partial charge on any atom is -0.444 e. The zero-order valence-electron chi connectivity index (χ0n) is 19.1. The van der Waals surface area contributed by atoms with Crippen molar-refractivity contribution in [3.05, 3.63) is 72.3 Å². The molecular formula is C25H25N3O6S. The molecule has 0 spiro atoms. The van der Waals surface area contributed by atoms with Crippen molar-refractivity contribution in [1.82, 2.24) is 9.62 Å². The zero-order valence-corrected chi connectivity index (χ0v) is 19.9. The van der Waals surface area contributed by atoms with Crippen molar-refractivity contribution < 1.29 is 27.5 Å². The summed E-state index contributed by atoms with van der Waals surface area (Å²) in [5, 5.41) is 3.71. The second-order valence-corrected chi connectivity index (χ2v) is 9.74. The third kappa shape index (κ3) is 5.18. The standard InChI is InChI=1S/C25H25N3O6S/c1-2-26-35(32,33)22-13-7-10-18-19(22)11-6-12-20(18)27-24(30)21-14-15-23(29)28(21)25(31)34-16-17-8-4-3-5-9-17/h3-13,21,26H,2,14-16H2,1H3,(H,27,30)/t21-/m1/s1. The van der Waals surface area contributed by atoms with E-state index in [9.17, 15) is 22.8 Å². The first-order valence-electron chi connectivity index (χ1n) is 11.2. The zero-order chi connectivity index (χ0) is 25.0. The third-order valence-corrected chi connectivity index (χ3v) is 7.28. The fourth-order valence-corrected chi connectivity index (χ4v) is 5.32. The van der Waals surface area contributed by atoms with Crippen molar-refractivity contribution in [3.8, 4) is 0 Å². The maximum Gasteiger partial charge on any atom is 0.417 e. The number of carbonyl (C=O) groups excluding carboxylic acids is 3. The number of anilines is 1. The number of sulfonamides is 1. The molecule has 0 aromatic heterocycles. The predicted octanol–water partition coefficient (Wildman–Crippen LogP) is 3.40. The van der Waals surface area contributed by atoms with Crippen molar-refractivity contribution in [2.24, 2.45) is 0 Å². The molecule has 3 amide bonds. The van der Waals surface area contributed by atoms with E-state index in [1.54, 1.807) is 61.5 Å². The van der Waals surface area contributed by atoms with Gasteiger partial charge in [-0.1, -0.05) is 61.5 Å². The van der Waals surface area contributed by atoms with Gasteiger partial charge in [0.15, 0.2) is 0 Å². The Morgan fingerprint density at radius 3 is 2.46 bits per heavy atom. The molecule has 1 aliphatic heterocycles. The summed E-state index contributed by atoms with van der Waals surface area (Å²) in [4.78, 5) is 39.1. The Morgan fingerprint density at radius 1 is 1.00 bits per heavy atom. The number of likely N-dealkylation sites (tertiary alicyclic amines) is 1. The van der Waals surface area contributed by atoms with Gasteiger partial charge in [0.05, 0.1) is 4.90 Å². The highest BCUT2D eigenvalue weighted by molar-refractivity contribution is 7.89. The van der Waals surface area contributed by atoms with E-state index >= 15 is 0 Å². The van der Waals surface area contributed by atoms with Crippen LogP contribution in [0.3, 0.4) is 0 Å². The molecule has 10 heteroatoms. The van der Waals surface area contributed by atoms with Gasteiger partial charge in [0.25, 0.3) is 0 Å². The minimum atomic E-state index is -3.73. The van der Waals surface area contributed by atoms with Gasteiger partial charge in [0.1, 0.15) is 12.6 Å². The van der Waals surface area contributed by atoms with E-state index in [1.807, 2.05) is 6.07 Å². The molecule has 1 aliphatic rings. The number of ether oxygens (including phenoxy) is 1. The summed E-state index contributed by atoms with van der Waals surface area (Å²) in [6.07, 6.45) is -0.678.